The van der Waals surface area contributed by atoms with E-state index in [1.807, 2.05) is 19.2 Å². The van der Waals surface area contributed by atoms with Gasteiger partial charge in [-0.1, -0.05) is 56.3 Å². The molecule has 2 rings (SSSR count). The fourth-order valence-corrected chi connectivity index (χ4v) is 3.53. The Balaban J connectivity index is 2.30. The second-order valence-electron chi connectivity index (χ2n) is 5.73. The van der Waals surface area contributed by atoms with Gasteiger partial charge >= 0.3 is 0 Å². The molecule has 0 heterocycles. The van der Waals surface area contributed by atoms with Gasteiger partial charge in [-0.05, 0) is 37.1 Å². The summed E-state index contributed by atoms with van der Waals surface area (Å²) >= 11 is 6.02. The molecule has 1 aromatic rings. The fraction of sp³-hybridized carbons (Fsp3) is 0.647. The summed E-state index contributed by atoms with van der Waals surface area (Å²) in [6.07, 6.45) is 7.41. The predicted octanol–water partition coefficient (Wildman–Crippen LogP) is 4.73. The van der Waals surface area contributed by atoms with E-state index >= 15 is 0 Å². The van der Waals surface area contributed by atoms with Crippen LogP contribution in [0.5, 0.6) is 0 Å². The lowest BCUT2D eigenvalue weighted by Gasteiger charge is -2.40. The number of hydrogen-bond acceptors (Lipinski definition) is 2. The van der Waals surface area contributed by atoms with E-state index in [9.17, 15) is 0 Å². The van der Waals surface area contributed by atoms with Gasteiger partial charge in [-0.25, -0.2) is 0 Å². The normalized spacial score (nSPS) is 20.4. The van der Waals surface area contributed by atoms with Crippen molar-refractivity contribution in [3.8, 4) is 0 Å². The van der Waals surface area contributed by atoms with Crippen molar-refractivity contribution < 1.29 is 4.74 Å². The first kappa shape index (κ1) is 15.8. The van der Waals surface area contributed by atoms with E-state index in [-0.39, 0.29) is 11.6 Å². The standard InChI is InChI=1S/C17H26ClNO/c1-3-19-16(14-8-10-15(18)11-9-14)17(20-2)12-6-4-5-7-13-17/h8-11,16,19H,3-7,12-13H2,1-2H3. The second-order valence-corrected chi connectivity index (χ2v) is 6.16. The first-order valence-corrected chi connectivity index (χ1v) is 8.13. The predicted molar refractivity (Wildman–Crippen MR) is 85.3 cm³/mol. The Labute approximate surface area is 127 Å². The highest BCUT2D eigenvalue weighted by atomic mass is 35.5. The molecule has 1 aromatic carbocycles. The van der Waals surface area contributed by atoms with Crippen molar-refractivity contribution in [2.75, 3.05) is 13.7 Å². The Morgan fingerprint density at radius 1 is 1.15 bits per heavy atom. The van der Waals surface area contributed by atoms with Gasteiger partial charge in [0.15, 0.2) is 0 Å². The third kappa shape index (κ3) is 3.55. The topological polar surface area (TPSA) is 21.3 Å². The lowest BCUT2D eigenvalue weighted by Crippen LogP contribution is -2.45. The van der Waals surface area contributed by atoms with Crippen molar-refractivity contribution in [3.63, 3.8) is 0 Å². The molecule has 1 fully saturated rings. The van der Waals surface area contributed by atoms with Crippen LogP contribution in [-0.4, -0.2) is 19.3 Å². The van der Waals surface area contributed by atoms with E-state index in [1.54, 1.807) is 0 Å². The van der Waals surface area contributed by atoms with Gasteiger partial charge in [-0.3, -0.25) is 0 Å². The summed E-state index contributed by atoms with van der Waals surface area (Å²) in [7, 11) is 1.87. The highest BCUT2D eigenvalue weighted by molar-refractivity contribution is 6.30. The molecule has 1 N–H and O–H groups in total. The van der Waals surface area contributed by atoms with Gasteiger partial charge in [-0.15, -0.1) is 0 Å². The van der Waals surface area contributed by atoms with E-state index in [2.05, 4.69) is 24.4 Å². The molecule has 20 heavy (non-hydrogen) atoms. The van der Waals surface area contributed by atoms with Crippen molar-refractivity contribution in [2.24, 2.45) is 0 Å². The molecule has 1 unspecified atom stereocenters. The molecule has 1 aliphatic carbocycles. The highest BCUT2D eigenvalue weighted by Crippen LogP contribution is 2.40. The summed E-state index contributed by atoms with van der Waals surface area (Å²) in [5, 5.41) is 4.43. The van der Waals surface area contributed by atoms with Crippen LogP contribution in [0.1, 0.15) is 57.1 Å². The summed E-state index contributed by atoms with van der Waals surface area (Å²) in [5.74, 6) is 0. The molecule has 3 heteroatoms. The van der Waals surface area contributed by atoms with Gasteiger partial charge in [0.1, 0.15) is 0 Å². The van der Waals surface area contributed by atoms with Crippen LogP contribution in [0.2, 0.25) is 5.02 Å². The average molecular weight is 296 g/mol. The van der Waals surface area contributed by atoms with E-state index in [4.69, 9.17) is 16.3 Å². The minimum absolute atomic E-state index is 0.0830. The maximum atomic E-state index is 6.06. The monoisotopic (exact) mass is 295 g/mol. The van der Waals surface area contributed by atoms with Crippen LogP contribution in [0.4, 0.5) is 0 Å². The number of methoxy groups -OCH3 is 1. The van der Waals surface area contributed by atoms with Crippen molar-refractivity contribution in [2.45, 2.75) is 57.1 Å². The van der Waals surface area contributed by atoms with E-state index in [0.29, 0.717) is 0 Å². The van der Waals surface area contributed by atoms with Crippen molar-refractivity contribution in [1.82, 2.24) is 5.32 Å². The Bertz CT molecular complexity index is 396. The number of nitrogens with one attached hydrogen (secondary N) is 1. The van der Waals surface area contributed by atoms with Crippen LogP contribution in [0.3, 0.4) is 0 Å². The molecular formula is C17H26ClNO. The third-order valence-corrected chi connectivity index (χ3v) is 4.75. The smallest absolute Gasteiger partial charge is 0.0872 e. The molecule has 0 spiro atoms. The van der Waals surface area contributed by atoms with Crippen LogP contribution in [0.15, 0.2) is 24.3 Å². The highest BCUT2D eigenvalue weighted by Gasteiger charge is 2.39. The number of halogens is 1. The lowest BCUT2D eigenvalue weighted by atomic mass is 9.82. The first-order chi connectivity index (χ1) is 9.72. The van der Waals surface area contributed by atoms with Crippen LogP contribution < -0.4 is 5.32 Å². The zero-order valence-corrected chi connectivity index (χ0v) is 13.4. The Kier molecular flexibility index (Phi) is 5.88. The molecule has 112 valence electrons. The van der Waals surface area contributed by atoms with Crippen LogP contribution in [0, 0.1) is 0 Å². The Hall–Kier alpha value is -0.570. The summed E-state index contributed by atoms with van der Waals surface area (Å²) in [5.41, 5.74) is 1.19. The maximum Gasteiger partial charge on any atom is 0.0872 e. The third-order valence-electron chi connectivity index (χ3n) is 4.49. The molecule has 0 saturated heterocycles. The van der Waals surface area contributed by atoms with Crippen molar-refractivity contribution >= 4 is 11.6 Å². The van der Waals surface area contributed by atoms with Crippen molar-refractivity contribution in [1.29, 1.82) is 0 Å². The molecule has 0 bridgehead atoms. The van der Waals surface area contributed by atoms with Crippen LogP contribution >= 0.6 is 11.6 Å². The zero-order valence-electron chi connectivity index (χ0n) is 12.6. The Morgan fingerprint density at radius 2 is 1.75 bits per heavy atom. The fourth-order valence-electron chi connectivity index (χ4n) is 3.40. The number of benzene rings is 1. The number of rotatable bonds is 5. The van der Waals surface area contributed by atoms with Gasteiger partial charge in [0.2, 0.25) is 0 Å². The van der Waals surface area contributed by atoms with Crippen LogP contribution in [0.25, 0.3) is 0 Å². The zero-order chi connectivity index (χ0) is 14.4. The van der Waals surface area contributed by atoms with Gasteiger partial charge in [-0.2, -0.15) is 0 Å². The van der Waals surface area contributed by atoms with E-state index in [1.165, 1.54) is 31.2 Å². The van der Waals surface area contributed by atoms with Gasteiger partial charge in [0.05, 0.1) is 11.6 Å². The average Bonchev–Trinajstić information content (AvgIpc) is 2.72. The molecule has 0 aliphatic heterocycles. The number of hydrogen-bond donors (Lipinski definition) is 1. The van der Waals surface area contributed by atoms with Gasteiger partial charge < -0.3 is 10.1 Å². The SMILES string of the molecule is CCNC(c1ccc(Cl)cc1)C1(OC)CCCCCC1. The molecule has 2 nitrogen and oxygen atoms in total. The molecule has 0 amide bonds. The summed E-state index contributed by atoms with van der Waals surface area (Å²) in [6, 6.07) is 8.44. The minimum atomic E-state index is -0.0830. The minimum Gasteiger partial charge on any atom is -0.376 e. The number of ether oxygens (including phenoxy) is 1. The second kappa shape index (κ2) is 7.44. The lowest BCUT2D eigenvalue weighted by molar-refractivity contribution is -0.0537. The van der Waals surface area contributed by atoms with E-state index < -0.39 is 0 Å². The van der Waals surface area contributed by atoms with Crippen LogP contribution in [-0.2, 0) is 4.74 Å². The summed E-state index contributed by atoms with van der Waals surface area (Å²) in [4.78, 5) is 0. The molecule has 0 radical (unpaired) electrons. The van der Waals surface area contributed by atoms with Gasteiger partial charge in [0.25, 0.3) is 0 Å². The van der Waals surface area contributed by atoms with Gasteiger partial charge in [0, 0.05) is 12.1 Å². The molecular weight excluding hydrogens is 270 g/mol. The quantitative estimate of drug-likeness (QED) is 0.793. The molecule has 1 saturated carbocycles. The largest absolute Gasteiger partial charge is 0.376 e. The molecule has 1 atom stereocenters. The number of likely N-dealkylation sites (N-methyl/N-ethyl adjacent to an activating group) is 1. The molecule has 1 aliphatic rings. The summed E-state index contributed by atoms with van der Waals surface area (Å²) in [6.45, 7) is 3.10. The first-order valence-electron chi connectivity index (χ1n) is 7.76. The van der Waals surface area contributed by atoms with E-state index in [0.717, 1.165) is 24.4 Å². The summed E-state index contributed by atoms with van der Waals surface area (Å²) < 4.78 is 6.06. The molecule has 0 aromatic heterocycles. The van der Waals surface area contributed by atoms with Crippen molar-refractivity contribution in [3.05, 3.63) is 34.9 Å². The maximum absolute atomic E-state index is 6.06. The Morgan fingerprint density at radius 3 is 2.25 bits per heavy atom.